The first kappa shape index (κ1) is 16.2. The molecule has 0 heterocycles. The second-order valence-corrected chi connectivity index (χ2v) is 4.97. The molecule has 2 rings (SSSR count). The van der Waals surface area contributed by atoms with E-state index in [1.807, 2.05) is 27.7 Å². The molecule has 17 heavy (non-hydrogen) atoms. The fraction of sp³-hybridized carbons (Fsp3) is 0.647. The Kier molecular flexibility index (Phi) is 7.18. The van der Waals surface area contributed by atoms with Crippen molar-refractivity contribution in [1.29, 1.82) is 0 Å². The summed E-state index contributed by atoms with van der Waals surface area (Å²) in [5.41, 5.74) is 5.14. The number of benzene rings is 1. The third kappa shape index (κ3) is 4.53. The van der Waals surface area contributed by atoms with Crippen molar-refractivity contribution < 1.29 is 0 Å². The number of rotatable bonds is 1. The van der Waals surface area contributed by atoms with E-state index in [0.29, 0.717) is 5.41 Å². The van der Waals surface area contributed by atoms with Crippen LogP contribution in [0.25, 0.3) is 0 Å². The number of hydrogen-bond acceptors (Lipinski definition) is 0. The van der Waals surface area contributed by atoms with Gasteiger partial charge in [0.05, 0.1) is 0 Å². The predicted octanol–water partition coefficient (Wildman–Crippen LogP) is 5.43. The van der Waals surface area contributed by atoms with E-state index in [4.69, 9.17) is 0 Å². The lowest BCUT2D eigenvalue weighted by Gasteiger charge is -2.14. The fourth-order valence-corrected chi connectivity index (χ4v) is 2.33. The molecule has 98 valence electrons. The average molecular weight is 234 g/mol. The van der Waals surface area contributed by atoms with Gasteiger partial charge >= 0.3 is 0 Å². The van der Waals surface area contributed by atoms with Crippen molar-refractivity contribution in [2.45, 2.75) is 67.7 Å². The van der Waals surface area contributed by atoms with Crippen LogP contribution in [0.4, 0.5) is 0 Å². The van der Waals surface area contributed by atoms with Crippen molar-refractivity contribution in [3.05, 3.63) is 34.9 Å². The Balaban J connectivity index is 0.000000581. The van der Waals surface area contributed by atoms with Gasteiger partial charge in [-0.15, -0.1) is 0 Å². The van der Waals surface area contributed by atoms with E-state index in [-0.39, 0.29) is 0 Å². The van der Waals surface area contributed by atoms with E-state index in [1.165, 1.54) is 18.4 Å². The smallest absolute Gasteiger partial charge is 0.0221 e. The highest BCUT2D eigenvalue weighted by Crippen LogP contribution is 2.36. The second-order valence-electron chi connectivity index (χ2n) is 4.97. The molecule has 0 saturated heterocycles. The van der Waals surface area contributed by atoms with Gasteiger partial charge in [0, 0.05) is 0 Å². The van der Waals surface area contributed by atoms with E-state index < -0.39 is 0 Å². The Bertz CT molecular complexity index is 321. The molecule has 0 heteroatoms. The van der Waals surface area contributed by atoms with Gasteiger partial charge in [-0.3, -0.25) is 0 Å². The summed E-state index contributed by atoms with van der Waals surface area (Å²) in [7, 11) is 0. The van der Waals surface area contributed by atoms with Gasteiger partial charge in [-0.05, 0) is 41.4 Å². The minimum atomic E-state index is 0.495. The Morgan fingerprint density at radius 3 is 2.00 bits per heavy atom. The standard InChI is InChI=1S/C13H18.2C2H6/c1-4-10-5-6-11-8-13(2,3)9-12(11)7-10;2*1-2/h5-7H,4,8-9H2,1-3H3;2*1-2H3. The highest BCUT2D eigenvalue weighted by atomic mass is 14.3. The molecule has 0 unspecified atom stereocenters. The summed E-state index contributed by atoms with van der Waals surface area (Å²) in [6.07, 6.45) is 3.68. The van der Waals surface area contributed by atoms with Gasteiger partial charge in [0.1, 0.15) is 0 Å². The topological polar surface area (TPSA) is 0 Å². The Labute approximate surface area is 108 Å². The Morgan fingerprint density at radius 2 is 1.47 bits per heavy atom. The molecule has 1 aliphatic rings. The normalized spacial score (nSPS) is 15.0. The van der Waals surface area contributed by atoms with Crippen LogP contribution in [0, 0.1) is 5.41 Å². The highest BCUT2D eigenvalue weighted by molar-refractivity contribution is 5.37. The molecule has 0 saturated carbocycles. The molecule has 1 aromatic rings. The van der Waals surface area contributed by atoms with Crippen LogP contribution in [0.1, 0.15) is 65.2 Å². The van der Waals surface area contributed by atoms with E-state index in [9.17, 15) is 0 Å². The van der Waals surface area contributed by atoms with E-state index in [0.717, 1.165) is 6.42 Å². The minimum Gasteiger partial charge on any atom is -0.0683 e. The molecule has 0 spiro atoms. The summed E-state index contributed by atoms with van der Waals surface area (Å²) in [6, 6.07) is 6.99. The van der Waals surface area contributed by atoms with Crippen LogP contribution in [-0.4, -0.2) is 0 Å². The third-order valence-electron chi connectivity index (χ3n) is 3.02. The van der Waals surface area contributed by atoms with Crippen LogP contribution in [0.3, 0.4) is 0 Å². The van der Waals surface area contributed by atoms with Crippen molar-refractivity contribution in [2.75, 3.05) is 0 Å². The maximum Gasteiger partial charge on any atom is -0.0221 e. The number of fused-ring (bicyclic) bond motifs is 1. The van der Waals surface area contributed by atoms with Crippen LogP contribution >= 0.6 is 0 Å². The monoisotopic (exact) mass is 234 g/mol. The molecule has 1 aromatic carbocycles. The van der Waals surface area contributed by atoms with E-state index in [1.54, 1.807) is 11.1 Å². The summed E-state index contributed by atoms with van der Waals surface area (Å²) in [6.45, 7) is 14.9. The zero-order valence-corrected chi connectivity index (χ0v) is 12.9. The van der Waals surface area contributed by atoms with Crippen LogP contribution < -0.4 is 0 Å². The Hall–Kier alpha value is -0.780. The van der Waals surface area contributed by atoms with Crippen molar-refractivity contribution in [3.63, 3.8) is 0 Å². The summed E-state index contributed by atoms with van der Waals surface area (Å²) < 4.78 is 0. The van der Waals surface area contributed by atoms with E-state index in [2.05, 4.69) is 39.0 Å². The van der Waals surface area contributed by atoms with Crippen molar-refractivity contribution in [3.8, 4) is 0 Å². The maximum absolute atomic E-state index is 2.39. The molecule has 0 atom stereocenters. The number of aryl methyl sites for hydroxylation is 1. The van der Waals surface area contributed by atoms with Crippen molar-refractivity contribution in [1.82, 2.24) is 0 Å². The largest absolute Gasteiger partial charge is 0.0683 e. The highest BCUT2D eigenvalue weighted by Gasteiger charge is 2.27. The van der Waals surface area contributed by atoms with Gasteiger partial charge in [0.25, 0.3) is 0 Å². The van der Waals surface area contributed by atoms with Gasteiger partial charge in [-0.2, -0.15) is 0 Å². The summed E-state index contributed by atoms with van der Waals surface area (Å²) >= 11 is 0. The molecule has 1 aliphatic carbocycles. The summed E-state index contributed by atoms with van der Waals surface area (Å²) in [5, 5.41) is 0. The first-order valence-corrected chi connectivity index (χ1v) is 7.21. The lowest BCUT2D eigenvalue weighted by atomic mass is 9.90. The molecular weight excluding hydrogens is 204 g/mol. The lowest BCUT2D eigenvalue weighted by molar-refractivity contribution is 0.392. The molecule has 0 radical (unpaired) electrons. The second kappa shape index (κ2) is 7.53. The maximum atomic E-state index is 2.39. The lowest BCUT2D eigenvalue weighted by Crippen LogP contribution is -2.09. The van der Waals surface area contributed by atoms with Crippen LogP contribution in [0.15, 0.2) is 18.2 Å². The summed E-state index contributed by atoms with van der Waals surface area (Å²) in [5.74, 6) is 0. The predicted molar refractivity (Wildman–Crippen MR) is 79.7 cm³/mol. The SMILES string of the molecule is CC.CC.CCc1ccc2c(c1)CC(C)(C)C2. The van der Waals surface area contributed by atoms with Crippen LogP contribution in [0.5, 0.6) is 0 Å². The quantitative estimate of drug-likeness (QED) is 0.608. The molecule has 0 fully saturated rings. The zero-order chi connectivity index (χ0) is 13.5. The van der Waals surface area contributed by atoms with Crippen molar-refractivity contribution >= 4 is 0 Å². The fourth-order valence-electron chi connectivity index (χ4n) is 2.33. The zero-order valence-electron chi connectivity index (χ0n) is 12.9. The third-order valence-corrected chi connectivity index (χ3v) is 3.02. The van der Waals surface area contributed by atoms with Gasteiger partial charge in [-0.25, -0.2) is 0 Å². The molecule has 0 N–H and O–H groups in total. The number of hydrogen-bond donors (Lipinski definition) is 0. The molecular formula is C17H30. The molecule has 0 amide bonds. The van der Waals surface area contributed by atoms with Crippen LogP contribution in [-0.2, 0) is 19.3 Å². The average Bonchev–Trinajstić information content (AvgIpc) is 2.66. The van der Waals surface area contributed by atoms with Gasteiger partial charge in [-0.1, -0.05) is 66.7 Å². The molecule has 0 bridgehead atoms. The van der Waals surface area contributed by atoms with Gasteiger partial charge < -0.3 is 0 Å². The Morgan fingerprint density at radius 1 is 0.941 bits per heavy atom. The van der Waals surface area contributed by atoms with Crippen LogP contribution in [0.2, 0.25) is 0 Å². The molecule has 0 aliphatic heterocycles. The van der Waals surface area contributed by atoms with Gasteiger partial charge in [0.2, 0.25) is 0 Å². The molecule has 0 aromatic heterocycles. The minimum absolute atomic E-state index is 0.495. The van der Waals surface area contributed by atoms with E-state index >= 15 is 0 Å². The van der Waals surface area contributed by atoms with Gasteiger partial charge in [0.15, 0.2) is 0 Å². The summed E-state index contributed by atoms with van der Waals surface area (Å²) in [4.78, 5) is 0. The first-order valence-electron chi connectivity index (χ1n) is 7.21. The van der Waals surface area contributed by atoms with Crippen molar-refractivity contribution in [2.24, 2.45) is 5.41 Å². The molecule has 0 nitrogen and oxygen atoms in total. The first-order chi connectivity index (χ1) is 8.11.